The van der Waals surface area contributed by atoms with Crippen LogP contribution >= 0.6 is 0 Å². The van der Waals surface area contributed by atoms with Gasteiger partial charge in [0.15, 0.2) is 0 Å². The van der Waals surface area contributed by atoms with E-state index in [-0.39, 0.29) is 12.2 Å². The van der Waals surface area contributed by atoms with Gasteiger partial charge in [0.05, 0.1) is 12.2 Å². The molecule has 1 heterocycles. The van der Waals surface area contributed by atoms with E-state index >= 15 is 0 Å². The summed E-state index contributed by atoms with van der Waals surface area (Å²) in [7, 11) is 0. The van der Waals surface area contributed by atoms with E-state index in [9.17, 15) is 5.11 Å². The summed E-state index contributed by atoms with van der Waals surface area (Å²) in [6, 6.07) is 0. The molecule has 0 saturated carbocycles. The van der Waals surface area contributed by atoms with Crippen LogP contribution < -0.4 is 0 Å². The highest BCUT2D eigenvalue weighted by Crippen LogP contribution is 2.19. The van der Waals surface area contributed by atoms with Crippen LogP contribution in [-0.4, -0.2) is 23.9 Å². The van der Waals surface area contributed by atoms with Crippen LogP contribution in [0.4, 0.5) is 0 Å². The van der Waals surface area contributed by atoms with E-state index in [1.807, 2.05) is 0 Å². The summed E-state index contributed by atoms with van der Waals surface area (Å²) in [5.74, 6) is 0. The van der Waals surface area contributed by atoms with Crippen LogP contribution in [0.2, 0.25) is 0 Å². The maximum Gasteiger partial charge on any atom is 0.0833 e. The lowest BCUT2D eigenvalue weighted by molar-refractivity contribution is -0.0648. The summed E-state index contributed by atoms with van der Waals surface area (Å²) in [6.45, 7) is 3.03. The summed E-state index contributed by atoms with van der Waals surface area (Å²) >= 11 is 0. The average Bonchev–Trinajstić information content (AvgIpc) is 2.19. The first-order valence-electron chi connectivity index (χ1n) is 5.64. The minimum absolute atomic E-state index is 0.130. The lowest BCUT2D eigenvalue weighted by Crippen LogP contribution is -2.32. The van der Waals surface area contributed by atoms with Crippen molar-refractivity contribution in [2.24, 2.45) is 0 Å². The first kappa shape index (κ1) is 11.0. The van der Waals surface area contributed by atoms with E-state index in [0.717, 1.165) is 32.3 Å². The number of rotatable bonds is 5. The minimum Gasteiger partial charge on any atom is -0.390 e. The van der Waals surface area contributed by atoms with Gasteiger partial charge >= 0.3 is 0 Å². The molecular weight excluding hydrogens is 164 g/mol. The highest BCUT2D eigenvalue weighted by Gasteiger charge is 2.21. The zero-order valence-corrected chi connectivity index (χ0v) is 8.67. The number of ether oxygens (including phenoxy) is 1. The van der Waals surface area contributed by atoms with Crippen LogP contribution in [0.15, 0.2) is 0 Å². The molecule has 1 N–H and O–H groups in total. The van der Waals surface area contributed by atoms with E-state index in [1.165, 1.54) is 19.3 Å². The summed E-state index contributed by atoms with van der Waals surface area (Å²) < 4.78 is 5.52. The van der Waals surface area contributed by atoms with E-state index < -0.39 is 0 Å². The van der Waals surface area contributed by atoms with Crippen LogP contribution in [0.3, 0.4) is 0 Å². The Morgan fingerprint density at radius 3 is 2.85 bits per heavy atom. The van der Waals surface area contributed by atoms with Crippen LogP contribution in [0.5, 0.6) is 0 Å². The fourth-order valence-electron chi connectivity index (χ4n) is 1.86. The van der Waals surface area contributed by atoms with Crippen LogP contribution in [0.1, 0.15) is 51.9 Å². The van der Waals surface area contributed by atoms with Crippen LogP contribution in [0, 0.1) is 0 Å². The van der Waals surface area contributed by atoms with Crippen molar-refractivity contribution in [3.05, 3.63) is 0 Å². The van der Waals surface area contributed by atoms with Gasteiger partial charge in [-0.2, -0.15) is 0 Å². The molecule has 1 aliphatic heterocycles. The molecule has 0 aromatic carbocycles. The first-order valence-corrected chi connectivity index (χ1v) is 5.64. The van der Waals surface area contributed by atoms with Crippen molar-refractivity contribution < 1.29 is 9.84 Å². The standard InChI is InChI=1S/C11H22O2/c1-2-3-4-7-10(12)11-8-5-6-9-13-11/h10-12H,2-9H2,1H3. The third-order valence-electron chi connectivity index (χ3n) is 2.75. The van der Waals surface area contributed by atoms with Gasteiger partial charge in [0.1, 0.15) is 0 Å². The Morgan fingerprint density at radius 1 is 1.38 bits per heavy atom. The normalized spacial score (nSPS) is 25.8. The lowest BCUT2D eigenvalue weighted by Gasteiger charge is -2.27. The van der Waals surface area contributed by atoms with Crippen molar-refractivity contribution >= 4 is 0 Å². The summed E-state index contributed by atoms with van der Waals surface area (Å²) in [5, 5.41) is 9.78. The van der Waals surface area contributed by atoms with Gasteiger partial charge in [-0.25, -0.2) is 0 Å². The fraction of sp³-hybridized carbons (Fsp3) is 1.00. The number of aliphatic hydroxyl groups excluding tert-OH is 1. The van der Waals surface area contributed by atoms with E-state index in [1.54, 1.807) is 0 Å². The Labute approximate surface area is 81.3 Å². The van der Waals surface area contributed by atoms with E-state index in [0.29, 0.717) is 0 Å². The second-order valence-corrected chi connectivity index (χ2v) is 3.97. The molecule has 13 heavy (non-hydrogen) atoms. The van der Waals surface area contributed by atoms with Crippen LogP contribution in [-0.2, 0) is 4.74 Å². The molecule has 2 nitrogen and oxygen atoms in total. The topological polar surface area (TPSA) is 29.5 Å². The highest BCUT2D eigenvalue weighted by atomic mass is 16.5. The average molecular weight is 186 g/mol. The Bertz CT molecular complexity index is 119. The molecule has 0 bridgehead atoms. The molecule has 0 radical (unpaired) electrons. The maximum atomic E-state index is 9.78. The summed E-state index contributed by atoms with van der Waals surface area (Å²) in [6.07, 6.45) is 7.84. The second kappa shape index (κ2) is 6.39. The van der Waals surface area contributed by atoms with Crippen molar-refractivity contribution in [1.82, 2.24) is 0 Å². The van der Waals surface area contributed by atoms with Gasteiger partial charge < -0.3 is 9.84 Å². The molecule has 1 aliphatic rings. The van der Waals surface area contributed by atoms with Gasteiger partial charge in [-0.1, -0.05) is 26.2 Å². The Balaban J connectivity index is 2.09. The van der Waals surface area contributed by atoms with Gasteiger partial charge in [0, 0.05) is 6.61 Å². The van der Waals surface area contributed by atoms with Crippen molar-refractivity contribution in [2.75, 3.05) is 6.61 Å². The largest absolute Gasteiger partial charge is 0.390 e. The zero-order chi connectivity index (χ0) is 9.52. The van der Waals surface area contributed by atoms with Crippen molar-refractivity contribution in [2.45, 2.75) is 64.1 Å². The second-order valence-electron chi connectivity index (χ2n) is 3.97. The Kier molecular flexibility index (Phi) is 5.40. The fourth-order valence-corrected chi connectivity index (χ4v) is 1.86. The molecule has 0 aromatic heterocycles. The number of unbranched alkanes of at least 4 members (excludes halogenated alkanes) is 2. The molecule has 0 aromatic rings. The molecule has 78 valence electrons. The third-order valence-corrected chi connectivity index (χ3v) is 2.75. The quantitative estimate of drug-likeness (QED) is 0.668. The maximum absolute atomic E-state index is 9.78. The molecule has 2 atom stereocenters. The lowest BCUT2D eigenvalue weighted by atomic mass is 10.00. The van der Waals surface area contributed by atoms with Gasteiger partial charge in [-0.15, -0.1) is 0 Å². The molecule has 0 aliphatic carbocycles. The summed E-state index contributed by atoms with van der Waals surface area (Å²) in [5.41, 5.74) is 0. The smallest absolute Gasteiger partial charge is 0.0833 e. The predicted molar refractivity (Wildman–Crippen MR) is 53.7 cm³/mol. The SMILES string of the molecule is CCCCCC(O)C1CCCCO1. The van der Waals surface area contributed by atoms with Gasteiger partial charge in [-0.3, -0.25) is 0 Å². The minimum atomic E-state index is -0.216. The van der Waals surface area contributed by atoms with Crippen molar-refractivity contribution in [1.29, 1.82) is 0 Å². The van der Waals surface area contributed by atoms with Crippen molar-refractivity contribution in [3.8, 4) is 0 Å². The molecule has 1 fully saturated rings. The molecule has 2 heteroatoms. The Morgan fingerprint density at radius 2 is 2.23 bits per heavy atom. The van der Waals surface area contributed by atoms with Crippen LogP contribution in [0.25, 0.3) is 0 Å². The number of hydrogen-bond donors (Lipinski definition) is 1. The predicted octanol–water partition coefficient (Wildman–Crippen LogP) is 2.50. The number of aliphatic hydroxyl groups is 1. The molecule has 0 amide bonds. The molecule has 1 rings (SSSR count). The van der Waals surface area contributed by atoms with Gasteiger partial charge in [-0.05, 0) is 25.7 Å². The zero-order valence-electron chi connectivity index (χ0n) is 8.67. The number of hydrogen-bond acceptors (Lipinski definition) is 2. The van der Waals surface area contributed by atoms with E-state index in [4.69, 9.17) is 4.74 Å². The Hall–Kier alpha value is -0.0800. The third kappa shape index (κ3) is 4.10. The summed E-state index contributed by atoms with van der Waals surface area (Å²) in [4.78, 5) is 0. The van der Waals surface area contributed by atoms with Gasteiger partial charge in [0.2, 0.25) is 0 Å². The first-order chi connectivity index (χ1) is 6.34. The molecule has 1 saturated heterocycles. The van der Waals surface area contributed by atoms with Gasteiger partial charge in [0.25, 0.3) is 0 Å². The molecule has 0 spiro atoms. The monoisotopic (exact) mass is 186 g/mol. The highest BCUT2D eigenvalue weighted by molar-refractivity contribution is 4.72. The molecule has 2 unspecified atom stereocenters. The molecular formula is C11H22O2. The van der Waals surface area contributed by atoms with E-state index in [2.05, 4.69) is 6.92 Å². The van der Waals surface area contributed by atoms with Crippen molar-refractivity contribution in [3.63, 3.8) is 0 Å².